The minimum atomic E-state index is 0.317. The predicted molar refractivity (Wildman–Crippen MR) is 70.0 cm³/mol. The summed E-state index contributed by atoms with van der Waals surface area (Å²) in [4.78, 5) is 8.81. The van der Waals surface area contributed by atoms with Crippen molar-refractivity contribution in [2.24, 2.45) is 5.73 Å². The van der Waals surface area contributed by atoms with E-state index in [0.29, 0.717) is 12.6 Å². The van der Waals surface area contributed by atoms with Gasteiger partial charge in [0.1, 0.15) is 12.1 Å². The molecular formula is C13H22N4. The van der Waals surface area contributed by atoms with Crippen LogP contribution in [0, 0.1) is 0 Å². The molecule has 1 heterocycles. The van der Waals surface area contributed by atoms with E-state index in [1.54, 1.807) is 6.33 Å². The fraction of sp³-hybridized carbons (Fsp3) is 0.692. The average Bonchev–Trinajstić information content (AvgIpc) is 2.61. The molecule has 0 spiro atoms. The molecule has 0 radical (unpaired) electrons. The van der Waals surface area contributed by atoms with E-state index in [9.17, 15) is 0 Å². The van der Waals surface area contributed by atoms with Gasteiger partial charge in [-0.15, -0.1) is 0 Å². The first-order valence-electron chi connectivity index (χ1n) is 6.64. The fourth-order valence-electron chi connectivity index (χ4n) is 2.34. The Morgan fingerprint density at radius 2 is 2.12 bits per heavy atom. The zero-order valence-electron chi connectivity index (χ0n) is 10.6. The molecule has 1 unspecified atom stereocenters. The highest BCUT2D eigenvalue weighted by atomic mass is 15.0. The number of aromatic nitrogens is 2. The molecule has 94 valence electrons. The molecule has 0 saturated heterocycles. The third-order valence-corrected chi connectivity index (χ3v) is 3.49. The largest absolute Gasteiger partial charge is 0.366 e. The van der Waals surface area contributed by atoms with Crippen LogP contribution in [0.3, 0.4) is 0 Å². The van der Waals surface area contributed by atoms with Crippen LogP contribution in [0.5, 0.6) is 0 Å². The molecule has 17 heavy (non-hydrogen) atoms. The summed E-state index contributed by atoms with van der Waals surface area (Å²) in [5, 5.41) is 3.46. The molecule has 0 aliphatic heterocycles. The molecule has 4 heteroatoms. The molecule has 1 aliphatic rings. The molecule has 1 atom stereocenters. The number of nitrogens with one attached hydrogen (secondary N) is 1. The van der Waals surface area contributed by atoms with Crippen LogP contribution in [0.2, 0.25) is 0 Å². The number of aryl methyl sites for hydroxylation is 1. The molecule has 0 bridgehead atoms. The van der Waals surface area contributed by atoms with Gasteiger partial charge in [-0.3, -0.25) is 0 Å². The number of anilines is 1. The Balaban J connectivity index is 2.21. The molecule has 3 N–H and O–H groups in total. The Labute approximate surface area is 103 Å². The molecule has 0 fully saturated rings. The fourth-order valence-corrected chi connectivity index (χ4v) is 2.34. The van der Waals surface area contributed by atoms with Gasteiger partial charge >= 0.3 is 0 Å². The maximum Gasteiger partial charge on any atom is 0.133 e. The minimum Gasteiger partial charge on any atom is -0.366 e. The van der Waals surface area contributed by atoms with Crippen molar-refractivity contribution in [3.05, 3.63) is 17.6 Å². The number of nitrogens with zero attached hydrogens (tertiary/aromatic N) is 2. The topological polar surface area (TPSA) is 63.8 Å². The van der Waals surface area contributed by atoms with Crippen molar-refractivity contribution in [1.82, 2.24) is 9.97 Å². The van der Waals surface area contributed by atoms with Gasteiger partial charge in [0, 0.05) is 23.8 Å². The Hall–Kier alpha value is -1.16. The Morgan fingerprint density at radius 3 is 2.88 bits per heavy atom. The first kappa shape index (κ1) is 12.3. The highest BCUT2D eigenvalue weighted by molar-refractivity contribution is 5.47. The number of rotatable bonds is 4. The lowest BCUT2D eigenvalue weighted by Gasteiger charge is -2.18. The van der Waals surface area contributed by atoms with Crippen molar-refractivity contribution < 1.29 is 0 Å². The van der Waals surface area contributed by atoms with Gasteiger partial charge in [0.2, 0.25) is 0 Å². The summed E-state index contributed by atoms with van der Waals surface area (Å²) in [6.45, 7) is 2.79. The highest BCUT2D eigenvalue weighted by Crippen LogP contribution is 2.24. The van der Waals surface area contributed by atoms with Crippen LogP contribution in [-0.2, 0) is 12.8 Å². The van der Waals surface area contributed by atoms with Crippen molar-refractivity contribution >= 4 is 5.82 Å². The molecule has 1 aliphatic carbocycles. The van der Waals surface area contributed by atoms with E-state index in [2.05, 4.69) is 22.2 Å². The van der Waals surface area contributed by atoms with E-state index >= 15 is 0 Å². The first-order chi connectivity index (χ1) is 8.35. The number of hydrogen-bond donors (Lipinski definition) is 2. The highest BCUT2D eigenvalue weighted by Gasteiger charge is 2.15. The normalized spacial score (nSPS) is 17.1. The van der Waals surface area contributed by atoms with Gasteiger partial charge < -0.3 is 11.1 Å². The Kier molecular flexibility index (Phi) is 4.31. The third kappa shape index (κ3) is 2.94. The summed E-state index contributed by atoms with van der Waals surface area (Å²) in [5.74, 6) is 1.01. The molecular weight excluding hydrogens is 212 g/mol. The maximum atomic E-state index is 5.73. The molecule has 1 aromatic heterocycles. The van der Waals surface area contributed by atoms with Crippen molar-refractivity contribution in [2.75, 3.05) is 11.9 Å². The Morgan fingerprint density at radius 1 is 1.29 bits per heavy atom. The average molecular weight is 234 g/mol. The van der Waals surface area contributed by atoms with Crippen molar-refractivity contribution in [2.45, 2.75) is 51.5 Å². The third-order valence-electron chi connectivity index (χ3n) is 3.49. The van der Waals surface area contributed by atoms with E-state index in [4.69, 9.17) is 5.73 Å². The molecule has 0 saturated carbocycles. The summed E-state index contributed by atoms with van der Waals surface area (Å²) in [6.07, 6.45) is 8.67. The van der Waals surface area contributed by atoms with Gasteiger partial charge in [-0.2, -0.15) is 0 Å². The monoisotopic (exact) mass is 234 g/mol. The van der Waals surface area contributed by atoms with Gasteiger partial charge in [0.25, 0.3) is 0 Å². The van der Waals surface area contributed by atoms with Crippen LogP contribution >= 0.6 is 0 Å². The van der Waals surface area contributed by atoms with Crippen LogP contribution in [0.1, 0.15) is 43.9 Å². The second kappa shape index (κ2) is 5.96. The smallest absolute Gasteiger partial charge is 0.133 e. The van der Waals surface area contributed by atoms with Crippen LogP contribution in [0.4, 0.5) is 5.82 Å². The van der Waals surface area contributed by atoms with Crippen LogP contribution in [0.25, 0.3) is 0 Å². The van der Waals surface area contributed by atoms with Gasteiger partial charge in [-0.1, -0.05) is 13.3 Å². The quantitative estimate of drug-likeness (QED) is 0.781. The predicted octanol–water partition coefficient (Wildman–Crippen LogP) is 1.89. The van der Waals surface area contributed by atoms with E-state index in [1.807, 2.05) is 0 Å². The summed E-state index contributed by atoms with van der Waals surface area (Å²) < 4.78 is 0. The van der Waals surface area contributed by atoms with Gasteiger partial charge in [-0.05, 0) is 32.1 Å². The number of fused-ring (bicyclic) bond motifs is 1. The summed E-state index contributed by atoms with van der Waals surface area (Å²) in [7, 11) is 0. The minimum absolute atomic E-state index is 0.317. The lowest BCUT2D eigenvalue weighted by Crippen LogP contribution is -2.29. The van der Waals surface area contributed by atoms with E-state index in [1.165, 1.54) is 30.5 Å². The molecule has 1 aromatic rings. The van der Waals surface area contributed by atoms with Crippen LogP contribution in [-0.4, -0.2) is 22.6 Å². The molecule has 0 amide bonds. The zero-order chi connectivity index (χ0) is 12.1. The lowest BCUT2D eigenvalue weighted by molar-refractivity contribution is 0.694. The lowest BCUT2D eigenvalue weighted by atomic mass is 10.1. The first-order valence-corrected chi connectivity index (χ1v) is 6.64. The van der Waals surface area contributed by atoms with Crippen molar-refractivity contribution in [3.8, 4) is 0 Å². The molecule has 4 nitrogen and oxygen atoms in total. The van der Waals surface area contributed by atoms with Crippen molar-refractivity contribution in [1.29, 1.82) is 0 Å². The summed E-state index contributed by atoms with van der Waals surface area (Å²) in [5.41, 5.74) is 8.28. The standard InChI is InChI=1S/C13H22N4/c1-2-10(8-14)17-13-11-6-4-3-5-7-12(11)15-9-16-13/h9-10H,2-8,14H2,1H3,(H,15,16,17). The van der Waals surface area contributed by atoms with Crippen LogP contribution < -0.4 is 11.1 Å². The van der Waals surface area contributed by atoms with Crippen LogP contribution in [0.15, 0.2) is 6.33 Å². The maximum absolute atomic E-state index is 5.73. The molecule has 0 aromatic carbocycles. The SMILES string of the molecule is CCC(CN)Nc1ncnc2c1CCCCC2. The van der Waals surface area contributed by atoms with Gasteiger partial charge in [-0.25, -0.2) is 9.97 Å². The van der Waals surface area contributed by atoms with Gasteiger partial charge in [0.05, 0.1) is 0 Å². The van der Waals surface area contributed by atoms with E-state index in [0.717, 1.165) is 25.1 Å². The zero-order valence-corrected chi connectivity index (χ0v) is 10.6. The summed E-state index contributed by atoms with van der Waals surface area (Å²) in [6, 6.07) is 0.317. The molecule has 2 rings (SSSR count). The Bertz CT molecular complexity index is 360. The summed E-state index contributed by atoms with van der Waals surface area (Å²) >= 11 is 0. The number of hydrogen-bond acceptors (Lipinski definition) is 4. The second-order valence-corrected chi connectivity index (χ2v) is 4.69. The second-order valence-electron chi connectivity index (χ2n) is 4.69. The van der Waals surface area contributed by atoms with Gasteiger partial charge in [0.15, 0.2) is 0 Å². The van der Waals surface area contributed by atoms with E-state index in [-0.39, 0.29) is 0 Å². The number of nitrogens with two attached hydrogens (primary N) is 1. The van der Waals surface area contributed by atoms with Crippen molar-refractivity contribution in [3.63, 3.8) is 0 Å². The van der Waals surface area contributed by atoms with E-state index < -0.39 is 0 Å².